The van der Waals surface area contributed by atoms with E-state index in [2.05, 4.69) is 9.05 Å². The number of amides is 2. The van der Waals surface area contributed by atoms with Gasteiger partial charge in [0.2, 0.25) is 0 Å². The first-order valence-corrected chi connectivity index (χ1v) is 4.46. The van der Waals surface area contributed by atoms with Crippen LogP contribution in [0.2, 0.25) is 0 Å². The van der Waals surface area contributed by atoms with Crippen molar-refractivity contribution in [1.29, 1.82) is 0 Å². The summed E-state index contributed by atoms with van der Waals surface area (Å²) in [6.07, 6.45) is 0. The highest BCUT2D eigenvalue weighted by Crippen LogP contribution is 2.41. The third-order valence-corrected chi connectivity index (χ3v) is 2.36. The fourth-order valence-electron chi connectivity index (χ4n) is 0.436. The molecule has 1 unspecified atom stereocenters. The maximum Gasteiger partial charge on any atom is 0.436 e. The van der Waals surface area contributed by atoms with E-state index in [0.29, 0.717) is 0 Å². The molecule has 0 fully saturated rings. The smallest absolute Gasteiger partial charge is 0.351 e. The molecule has 66 valence electrons. The number of rotatable bonds is 4. The van der Waals surface area contributed by atoms with Gasteiger partial charge in [-0.3, -0.25) is 9.05 Å². The molecule has 0 heterocycles. The molecule has 1 atom stereocenters. The average Bonchev–Trinajstić information content (AvgIpc) is 1.87. The minimum atomic E-state index is -3.48. The molecule has 0 aliphatic heterocycles. The fourth-order valence-corrected chi connectivity index (χ4v) is 1.31. The molecule has 0 rings (SSSR count). The molecule has 2 amide bonds. The van der Waals surface area contributed by atoms with Gasteiger partial charge in [0, 0.05) is 7.11 Å². The summed E-state index contributed by atoms with van der Waals surface area (Å²) in [5.41, 5.74) is 4.70. The standard InChI is InChI=1S/C4H11N2O4P/c1-3-10-11(8,9-2)6-4(5)7/h3H2,1-2H3,(H3,5,6,7,8). The van der Waals surface area contributed by atoms with Crippen molar-refractivity contribution in [3.05, 3.63) is 0 Å². The molecule has 0 aliphatic rings. The lowest BCUT2D eigenvalue weighted by Crippen LogP contribution is -2.27. The summed E-state index contributed by atoms with van der Waals surface area (Å²) in [6, 6.07) is -0.941. The molecule has 0 aromatic heterocycles. The lowest BCUT2D eigenvalue weighted by molar-refractivity contribution is 0.226. The summed E-state index contributed by atoms with van der Waals surface area (Å²) in [6.45, 7) is 1.79. The SMILES string of the molecule is CCOP(=O)(NC(N)=O)OC. The van der Waals surface area contributed by atoms with Gasteiger partial charge in [-0.15, -0.1) is 0 Å². The third kappa shape index (κ3) is 3.98. The van der Waals surface area contributed by atoms with Crippen molar-refractivity contribution in [2.45, 2.75) is 6.92 Å². The molecule has 0 radical (unpaired) electrons. The second-order valence-electron chi connectivity index (χ2n) is 1.57. The molecular formula is C4H11N2O4P. The van der Waals surface area contributed by atoms with Crippen molar-refractivity contribution < 1.29 is 18.4 Å². The van der Waals surface area contributed by atoms with Crippen molar-refractivity contribution in [2.75, 3.05) is 13.7 Å². The van der Waals surface area contributed by atoms with Gasteiger partial charge in [-0.1, -0.05) is 0 Å². The monoisotopic (exact) mass is 182 g/mol. The highest BCUT2D eigenvalue weighted by molar-refractivity contribution is 7.52. The van der Waals surface area contributed by atoms with Crippen molar-refractivity contribution in [3.63, 3.8) is 0 Å². The molecule has 0 aromatic rings. The first-order valence-electron chi connectivity index (χ1n) is 2.92. The van der Waals surface area contributed by atoms with Crippen LogP contribution in [-0.2, 0) is 13.6 Å². The van der Waals surface area contributed by atoms with E-state index >= 15 is 0 Å². The number of urea groups is 1. The number of nitrogens with two attached hydrogens (primary N) is 1. The zero-order valence-electron chi connectivity index (χ0n) is 6.36. The van der Waals surface area contributed by atoms with E-state index in [1.807, 2.05) is 5.09 Å². The molecule has 0 spiro atoms. The topological polar surface area (TPSA) is 90.6 Å². The van der Waals surface area contributed by atoms with Crippen LogP contribution >= 0.6 is 7.75 Å². The Bertz CT molecular complexity index is 183. The van der Waals surface area contributed by atoms with Crippen LogP contribution in [0.1, 0.15) is 6.92 Å². The summed E-state index contributed by atoms with van der Waals surface area (Å²) in [4.78, 5) is 10.2. The molecule has 7 heteroatoms. The number of nitrogens with one attached hydrogen (secondary N) is 1. The van der Waals surface area contributed by atoms with Crippen LogP contribution in [0.15, 0.2) is 0 Å². The van der Waals surface area contributed by atoms with E-state index in [9.17, 15) is 9.36 Å². The summed E-state index contributed by atoms with van der Waals surface area (Å²) in [7, 11) is -2.32. The van der Waals surface area contributed by atoms with E-state index in [4.69, 9.17) is 5.73 Å². The van der Waals surface area contributed by atoms with Gasteiger partial charge in [0.25, 0.3) is 0 Å². The van der Waals surface area contributed by atoms with Crippen LogP contribution in [0, 0.1) is 0 Å². The third-order valence-electron chi connectivity index (χ3n) is 0.787. The number of carbonyl (C=O) groups excluding carboxylic acids is 1. The van der Waals surface area contributed by atoms with Gasteiger partial charge in [-0.25, -0.2) is 14.4 Å². The van der Waals surface area contributed by atoms with E-state index < -0.39 is 13.8 Å². The Morgan fingerprint density at radius 3 is 2.55 bits per heavy atom. The Hall–Kier alpha value is -0.580. The van der Waals surface area contributed by atoms with Crippen LogP contribution in [0.3, 0.4) is 0 Å². The summed E-state index contributed by atoms with van der Waals surface area (Å²) in [5.74, 6) is 0. The zero-order chi connectivity index (χ0) is 8.91. The molecule has 0 aromatic carbocycles. The van der Waals surface area contributed by atoms with Crippen LogP contribution in [0.5, 0.6) is 0 Å². The summed E-state index contributed by atoms with van der Waals surface area (Å²) in [5, 5.41) is 1.86. The molecule has 3 N–H and O–H groups in total. The molecule has 0 saturated carbocycles. The largest absolute Gasteiger partial charge is 0.436 e. The number of hydrogen-bond donors (Lipinski definition) is 2. The van der Waals surface area contributed by atoms with Gasteiger partial charge in [0.15, 0.2) is 0 Å². The first-order chi connectivity index (χ1) is 5.04. The number of carbonyl (C=O) groups is 1. The Balaban J connectivity index is 4.10. The van der Waals surface area contributed by atoms with Gasteiger partial charge in [-0.2, -0.15) is 0 Å². The van der Waals surface area contributed by atoms with Gasteiger partial charge in [0.05, 0.1) is 6.61 Å². The van der Waals surface area contributed by atoms with Gasteiger partial charge in [-0.05, 0) is 6.92 Å². The maximum atomic E-state index is 11.1. The Labute approximate surface area is 64.6 Å². The first kappa shape index (κ1) is 10.4. The fraction of sp³-hybridized carbons (Fsp3) is 0.750. The van der Waals surface area contributed by atoms with E-state index in [0.717, 1.165) is 7.11 Å². The van der Waals surface area contributed by atoms with Gasteiger partial charge in [0.1, 0.15) is 0 Å². The molecule has 0 saturated heterocycles. The van der Waals surface area contributed by atoms with E-state index in [-0.39, 0.29) is 6.61 Å². The van der Waals surface area contributed by atoms with Crippen LogP contribution in [-0.4, -0.2) is 19.7 Å². The highest BCUT2D eigenvalue weighted by atomic mass is 31.2. The maximum absolute atomic E-state index is 11.1. The highest BCUT2D eigenvalue weighted by Gasteiger charge is 2.23. The van der Waals surface area contributed by atoms with Crippen molar-refractivity contribution in [2.24, 2.45) is 5.73 Å². The molecule has 6 nitrogen and oxygen atoms in total. The predicted molar refractivity (Wildman–Crippen MR) is 39.0 cm³/mol. The lowest BCUT2D eigenvalue weighted by Gasteiger charge is -2.13. The van der Waals surface area contributed by atoms with Gasteiger partial charge < -0.3 is 5.73 Å². The molecule has 0 aliphatic carbocycles. The quantitative estimate of drug-likeness (QED) is 0.617. The second kappa shape index (κ2) is 4.33. The zero-order valence-corrected chi connectivity index (χ0v) is 7.26. The van der Waals surface area contributed by atoms with Crippen LogP contribution < -0.4 is 10.8 Å². The summed E-state index contributed by atoms with van der Waals surface area (Å²) >= 11 is 0. The average molecular weight is 182 g/mol. The van der Waals surface area contributed by atoms with E-state index in [1.54, 1.807) is 6.92 Å². The van der Waals surface area contributed by atoms with E-state index in [1.165, 1.54) is 0 Å². The molecule has 0 bridgehead atoms. The number of primary amides is 1. The Kier molecular flexibility index (Phi) is 4.10. The normalized spacial score (nSPS) is 15.5. The predicted octanol–water partition coefficient (Wildman–Crippen LogP) is 0.446. The minimum Gasteiger partial charge on any atom is -0.351 e. The van der Waals surface area contributed by atoms with Crippen LogP contribution in [0.25, 0.3) is 0 Å². The Morgan fingerprint density at radius 1 is 1.73 bits per heavy atom. The Morgan fingerprint density at radius 2 is 2.27 bits per heavy atom. The van der Waals surface area contributed by atoms with Gasteiger partial charge >= 0.3 is 13.8 Å². The van der Waals surface area contributed by atoms with Crippen LogP contribution in [0.4, 0.5) is 4.79 Å². The van der Waals surface area contributed by atoms with Crippen molar-refractivity contribution >= 4 is 13.8 Å². The summed E-state index contributed by atoms with van der Waals surface area (Å²) < 4.78 is 20.2. The second-order valence-corrected chi connectivity index (χ2v) is 3.42. The molecule has 11 heavy (non-hydrogen) atoms. The minimum absolute atomic E-state index is 0.172. The molecular weight excluding hydrogens is 171 g/mol. The van der Waals surface area contributed by atoms with Crippen molar-refractivity contribution in [3.8, 4) is 0 Å². The lowest BCUT2D eigenvalue weighted by atomic mass is 10.9. The van der Waals surface area contributed by atoms with Crippen molar-refractivity contribution in [1.82, 2.24) is 5.09 Å². The number of hydrogen-bond acceptors (Lipinski definition) is 4.